The van der Waals surface area contributed by atoms with Gasteiger partial charge in [-0.2, -0.15) is 0 Å². The molecule has 2 aliphatic rings. The van der Waals surface area contributed by atoms with Crippen molar-refractivity contribution in [1.29, 1.82) is 0 Å². The fourth-order valence-electron chi connectivity index (χ4n) is 3.57. The molecule has 2 heterocycles. The molecule has 0 aliphatic carbocycles. The Morgan fingerprint density at radius 3 is 2.00 bits per heavy atom. The molecule has 0 atom stereocenters. The van der Waals surface area contributed by atoms with Gasteiger partial charge in [0.05, 0.1) is 12.7 Å². The van der Waals surface area contributed by atoms with Crippen LogP contribution in [0, 0.1) is 5.92 Å². The highest BCUT2D eigenvalue weighted by atomic mass is 16.5. The first kappa shape index (κ1) is 17.5. The molecule has 1 aromatic rings. The van der Waals surface area contributed by atoms with Gasteiger partial charge in [0.2, 0.25) is 5.91 Å². The van der Waals surface area contributed by atoms with Crippen LogP contribution in [0.4, 0.5) is 0 Å². The number of ether oxygens (including phenoxy) is 1. The van der Waals surface area contributed by atoms with Crippen LogP contribution in [-0.4, -0.2) is 60.9 Å². The molecule has 1 aromatic carbocycles. The lowest BCUT2D eigenvalue weighted by Gasteiger charge is -2.33. The monoisotopic (exact) mass is 344 g/mol. The average molecular weight is 344 g/mol. The fourth-order valence-corrected chi connectivity index (χ4v) is 3.57. The molecule has 0 saturated carbocycles. The predicted molar refractivity (Wildman–Crippen MR) is 92.2 cm³/mol. The summed E-state index contributed by atoms with van der Waals surface area (Å²) in [7, 11) is 1.33. The van der Waals surface area contributed by atoms with E-state index in [1.807, 2.05) is 4.90 Å². The van der Waals surface area contributed by atoms with E-state index in [4.69, 9.17) is 0 Å². The molecule has 0 N–H and O–H groups in total. The third-order valence-electron chi connectivity index (χ3n) is 5.10. The minimum Gasteiger partial charge on any atom is -0.465 e. The molecule has 6 nitrogen and oxygen atoms in total. The minimum atomic E-state index is -0.416. The van der Waals surface area contributed by atoms with Crippen LogP contribution in [0.3, 0.4) is 0 Å². The van der Waals surface area contributed by atoms with Gasteiger partial charge in [-0.3, -0.25) is 9.59 Å². The van der Waals surface area contributed by atoms with Crippen LogP contribution in [-0.2, 0) is 9.53 Å². The van der Waals surface area contributed by atoms with E-state index >= 15 is 0 Å². The minimum absolute atomic E-state index is 0.0452. The summed E-state index contributed by atoms with van der Waals surface area (Å²) in [5.41, 5.74) is 0.978. The van der Waals surface area contributed by atoms with E-state index in [9.17, 15) is 14.4 Å². The average Bonchev–Trinajstić information content (AvgIpc) is 3.21. The first-order valence-electron chi connectivity index (χ1n) is 8.86. The number of rotatable bonds is 3. The number of hydrogen-bond acceptors (Lipinski definition) is 4. The standard InChI is InChI=1S/C19H24N2O4/c1-25-19(24)16-6-4-14(5-7-16)17(22)21-12-8-15(9-13-21)18(23)20-10-2-3-11-20/h4-7,15H,2-3,8-13H2,1H3. The first-order valence-corrected chi connectivity index (χ1v) is 8.86. The van der Waals surface area contributed by atoms with Gasteiger partial charge < -0.3 is 14.5 Å². The van der Waals surface area contributed by atoms with Crippen LogP contribution < -0.4 is 0 Å². The maximum absolute atomic E-state index is 12.6. The van der Waals surface area contributed by atoms with Gasteiger partial charge in [-0.25, -0.2) is 4.79 Å². The van der Waals surface area contributed by atoms with E-state index in [-0.39, 0.29) is 17.7 Å². The largest absolute Gasteiger partial charge is 0.465 e. The van der Waals surface area contributed by atoms with Crippen molar-refractivity contribution in [1.82, 2.24) is 9.80 Å². The Bertz CT molecular complexity index is 642. The normalized spacial score (nSPS) is 18.3. The number of likely N-dealkylation sites (tertiary alicyclic amines) is 2. The fraction of sp³-hybridized carbons (Fsp3) is 0.526. The van der Waals surface area contributed by atoms with Crippen LogP contribution in [0.15, 0.2) is 24.3 Å². The van der Waals surface area contributed by atoms with Crippen molar-refractivity contribution in [2.24, 2.45) is 5.92 Å². The van der Waals surface area contributed by atoms with Crippen LogP contribution in [0.2, 0.25) is 0 Å². The van der Waals surface area contributed by atoms with Crippen molar-refractivity contribution < 1.29 is 19.1 Å². The van der Waals surface area contributed by atoms with E-state index in [1.54, 1.807) is 29.2 Å². The quantitative estimate of drug-likeness (QED) is 0.786. The van der Waals surface area contributed by atoms with Crippen LogP contribution in [0.5, 0.6) is 0 Å². The number of esters is 1. The van der Waals surface area contributed by atoms with Crippen molar-refractivity contribution in [3.8, 4) is 0 Å². The summed E-state index contributed by atoms with van der Waals surface area (Å²) in [5.74, 6) is -0.167. The molecule has 2 saturated heterocycles. The number of benzene rings is 1. The number of carbonyl (C=O) groups is 3. The van der Waals surface area contributed by atoms with Crippen molar-refractivity contribution in [2.75, 3.05) is 33.3 Å². The van der Waals surface area contributed by atoms with Crippen LogP contribution in [0.25, 0.3) is 0 Å². The molecule has 2 amide bonds. The number of hydrogen-bond donors (Lipinski definition) is 0. The Labute approximate surface area is 147 Å². The molecule has 6 heteroatoms. The summed E-state index contributed by atoms with van der Waals surface area (Å²) >= 11 is 0. The lowest BCUT2D eigenvalue weighted by Crippen LogP contribution is -2.43. The molecule has 0 unspecified atom stereocenters. The highest BCUT2D eigenvalue weighted by Crippen LogP contribution is 2.23. The van der Waals surface area contributed by atoms with Gasteiger partial charge in [0.15, 0.2) is 0 Å². The Morgan fingerprint density at radius 2 is 1.44 bits per heavy atom. The summed E-state index contributed by atoms with van der Waals surface area (Å²) in [6.07, 6.45) is 3.65. The van der Waals surface area contributed by atoms with Gasteiger partial charge in [0.25, 0.3) is 5.91 Å². The first-order chi connectivity index (χ1) is 12.1. The van der Waals surface area contributed by atoms with Crippen molar-refractivity contribution >= 4 is 17.8 Å². The number of methoxy groups -OCH3 is 1. The zero-order valence-electron chi connectivity index (χ0n) is 14.6. The summed E-state index contributed by atoms with van der Waals surface area (Å²) in [5, 5.41) is 0. The molecule has 2 fully saturated rings. The highest BCUT2D eigenvalue weighted by Gasteiger charge is 2.31. The Hall–Kier alpha value is -2.37. The smallest absolute Gasteiger partial charge is 0.337 e. The topological polar surface area (TPSA) is 66.9 Å². The third-order valence-corrected chi connectivity index (χ3v) is 5.10. The van der Waals surface area contributed by atoms with Gasteiger partial charge in [-0.1, -0.05) is 0 Å². The van der Waals surface area contributed by atoms with Crippen molar-refractivity contribution in [2.45, 2.75) is 25.7 Å². The van der Waals surface area contributed by atoms with E-state index in [2.05, 4.69) is 4.74 Å². The molecule has 2 aliphatic heterocycles. The van der Waals surface area contributed by atoms with E-state index in [0.717, 1.165) is 38.8 Å². The third kappa shape index (κ3) is 3.83. The lowest BCUT2D eigenvalue weighted by atomic mass is 9.95. The molecule has 134 valence electrons. The maximum atomic E-state index is 12.6. The van der Waals surface area contributed by atoms with Crippen LogP contribution >= 0.6 is 0 Å². The zero-order valence-corrected chi connectivity index (χ0v) is 14.6. The zero-order chi connectivity index (χ0) is 17.8. The Balaban J connectivity index is 1.56. The summed E-state index contributed by atoms with van der Waals surface area (Å²) in [6.45, 7) is 2.96. The molecule has 0 radical (unpaired) electrons. The Kier molecular flexibility index (Phi) is 5.36. The number of amides is 2. The van der Waals surface area contributed by atoms with Gasteiger partial charge >= 0.3 is 5.97 Å². The van der Waals surface area contributed by atoms with Gasteiger partial charge in [-0.05, 0) is 49.9 Å². The number of nitrogens with zero attached hydrogens (tertiary/aromatic N) is 2. The second-order valence-electron chi connectivity index (χ2n) is 6.67. The van der Waals surface area contributed by atoms with Crippen LogP contribution in [0.1, 0.15) is 46.4 Å². The number of piperidine rings is 1. The SMILES string of the molecule is COC(=O)c1ccc(C(=O)N2CCC(C(=O)N3CCCC3)CC2)cc1. The number of carbonyl (C=O) groups excluding carboxylic acids is 3. The van der Waals surface area contributed by atoms with E-state index in [1.165, 1.54) is 7.11 Å². The van der Waals surface area contributed by atoms with Crippen molar-refractivity contribution in [3.05, 3.63) is 35.4 Å². The second-order valence-corrected chi connectivity index (χ2v) is 6.67. The van der Waals surface area contributed by atoms with E-state index < -0.39 is 5.97 Å². The molecular formula is C19H24N2O4. The molecule has 3 rings (SSSR count). The molecular weight excluding hydrogens is 320 g/mol. The van der Waals surface area contributed by atoms with Gasteiger partial charge in [0.1, 0.15) is 0 Å². The predicted octanol–water partition coefficient (Wildman–Crippen LogP) is 1.95. The molecule has 0 bridgehead atoms. The van der Waals surface area contributed by atoms with Gasteiger partial charge in [0, 0.05) is 37.7 Å². The molecule has 0 aromatic heterocycles. The molecule has 0 spiro atoms. The second kappa shape index (κ2) is 7.68. The van der Waals surface area contributed by atoms with E-state index in [0.29, 0.717) is 24.2 Å². The highest BCUT2D eigenvalue weighted by molar-refractivity contribution is 5.96. The lowest BCUT2D eigenvalue weighted by molar-refractivity contribution is -0.135. The van der Waals surface area contributed by atoms with Crippen molar-refractivity contribution in [3.63, 3.8) is 0 Å². The van der Waals surface area contributed by atoms with Gasteiger partial charge in [-0.15, -0.1) is 0 Å². The summed E-state index contributed by atoms with van der Waals surface area (Å²) in [4.78, 5) is 40.3. The maximum Gasteiger partial charge on any atom is 0.337 e. The summed E-state index contributed by atoms with van der Waals surface area (Å²) < 4.78 is 4.66. The summed E-state index contributed by atoms with van der Waals surface area (Å²) in [6, 6.07) is 6.50. The molecule has 25 heavy (non-hydrogen) atoms. The Morgan fingerprint density at radius 1 is 0.880 bits per heavy atom.